The van der Waals surface area contributed by atoms with Crippen LogP contribution in [-0.4, -0.2) is 56.8 Å². The Morgan fingerprint density at radius 1 is 0.969 bits per heavy atom. The molecule has 2 aromatic heterocycles. The van der Waals surface area contributed by atoms with E-state index in [0.29, 0.717) is 31.8 Å². The molecule has 170 valence electrons. The molecule has 2 atom stereocenters. The fourth-order valence-corrected chi connectivity index (χ4v) is 4.12. The maximum absolute atomic E-state index is 13.9. The molecule has 1 aliphatic heterocycles. The number of hydrogen-bond acceptors (Lipinski definition) is 5. The Hall–Kier alpha value is -2.38. The molecule has 32 heavy (non-hydrogen) atoms. The van der Waals surface area contributed by atoms with Crippen LogP contribution in [0.15, 0.2) is 36.7 Å². The van der Waals surface area contributed by atoms with Crippen molar-refractivity contribution < 1.29 is 22.4 Å². The van der Waals surface area contributed by atoms with E-state index in [2.05, 4.69) is 15.3 Å². The minimum Gasteiger partial charge on any atom is -0.352 e. The molecule has 0 spiro atoms. The first-order valence-electron chi connectivity index (χ1n) is 9.69. The van der Waals surface area contributed by atoms with Gasteiger partial charge in [-0.05, 0) is 23.8 Å². The number of piperazine rings is 1. The quantitative estimate of drug-likeness (QED) is 0.410. The third kappa shape index (κ3) is 4.84. The van der Waals surface area contributed by atoms with Crippen molar-refractivity contribution >= 4 is 35.9 Å². The molecule has 0 N–H and O–H groups in total. The Morgan fingerprint density at radius 3 is 2.31 bits per heavy atom. The van der Waals surface area contributed by atoms with E-state index in [1.807, 2.05) is 11.0 Å². The number of anilines is 1. The summed E-state index contributed by atoms with van der Waals surface area (Å²) in [7, 11) is 2.54. The molecule has 4 rings (SSSR count). The van der Waals surface area contributed by atoms with E-state index >= 15 is 0 Å². The summed E-state index contributed by atoms with van der Waals surface area (Å²) in [6.45, 7) is 1.93. The largest absolute Gasteiger partial charge is 0.352 e. The van der Waals surface area contributed by atoms with Gasteiger partial charge in [-0.3, -0.25) is 4.79 Å². The zero-order chi connectivity index (χ0) is 23.1. The predicted octanol–water partition coefficient (Wildman–Crippen LogP) is 2.86. The summed E-state index contributed by atoms with van der Waals surface area (Å²) >= 11 is 0. The summed E-state index contributed by atoms with van der Waals surface area (Å²) in [4.78, 5) is 16.4. The highest BCUT2D eigenvalue weighted by molar-refractivity contribution is 7.18. The molecule has 1 aliphatic rings. The maximum atomic E-state index is 13.9. The van der Waals surface area contributed by atoms with E-state index < -0.39 is 22.5 Å². The Labute approximate surface area is 185 Å². The smallest absolute Gasteiger partial charge is 0.284 e. The van der Waals surface area contributed by atoms with Gasteiger partial charge in [-0.25, -0.2) is 0 Å². The summed E-state index contributed by atoms with van der Waals surface area (Å²) in [5, 5.41) is 12.1. The van der Waals surface area contributed by atoms with Crippen molar-refractivity contribution in [1.82, 2.24) is 24.7 Å². The molecule has 1 fully saturated rings. The number of alkyl halides is 4. The Bertz CT molecular complexity index is 1140. The molecular formula is C19H20F4N6OP2. The number of benzene rings is 1. The fraction of sp³-hybridized carbons (Fsp3) is 0.368. The topological polar surface area (TPSA) is 66.6 Å². The molecule has 0 saturated carbocycles. The Morgan fingerprint density at radius 2 is 1.66 bits per heavy atom. The third-order valence-corrected chi connectivity index (χ3v) is 5.88. The van der Waals surface area contributed by atoms with E-state index in [-0.39, 0.29) is 17.9 Å². The van der Waals surface area contributed by atoms with Gasteiger partial charge in [0.2, 0.25) is 5.91 Å². The van der Waals surface area contributed by atoms with Gasteiger partial charge >= 0.3 is 0 Å². The first-order valence-corrected chi connectivity index (χ1v) is 10.8. The van der Waals surface area contributed by atoms with Crippen molar-refractivity contribution in [2.24, 2.45) is 0 Å². The third-order valence-electron chi connectivity index (χ3n) is 5.26. The van der Waals surface area contributed by atoms with Gasteiger partial charge in [0.05, 0.1) is 6.42 Å². The second-order valence-corrected chi connectivity index (χ2v) is 8.95. The molecule has 7 nitrogen and oxygen atoms in total. The molecule has 1 aromatic carbocycles. The van der Waals surface area contributed by atoms with E-state index in [1.54, 1.807) is 15.5 Å². The summed E-state index contributed by atoms with van der Waals surface area (Å²) in [6.07, 6.45) is 1.35. The highest BCUT2D eigenvalue weighted by Gasteiger charge is 2.37. The zero-order valence-corrected chi connectivity index (χ0v) is 19.1. The van der Waals surface area contributed by atoms with Gasteiger partial charge in [0.1, 0.15) is 12.1 Å². The molecule has 0 radical (unpaired) electrons. The summed E-state index contributed by atoms with van der Waals surface area (Å²) in [5.41, 5.74) is -7.76. The van der Waals surface area contributed by atoms with Crippen LogP contribution in [0.3, 0.4) is 0 Å². The molecule has 0 bridgehead atoms. The normalized spacial score (nSPS) is 15.4. The second kappa shape index (κ2) is 8.52. The van der Waals surface area contributed by atoms with Crippen molar-refractivity contribution in [3.05, 3.63) is 53.3 Å². The number of amides is 1. The molecule has 13 heteroatoms. The van der Waals surface area contributed by atoms with Gasteiger partial charge in [-0.1, -0.05) is 30.6 Å². The lowest BCUT2D eigenvalue weighted by molar-refractivity contribution is -0.130. The van der Waals surface area contributed by atoms with Gasteiger partial charge < -0.3 is 9.80 Å². The average Bonchev–Trinajstić information content (AvgIpc) is 3.20. The summed E-state index contributed by atoms with van der Waals surface area (Å²) < 4.78 is 56.8. The predicted molar refractivity (Wildman–Crippen MR) is 117 cm³/mol. The van der Waals surface area contributed by atoms with Crippen LogP contribution in [0.25, 0.3) is 5.65 Å². The van der Waals surface area contributed by atoms with Gasteiger partial charge in [0.15, 0.2) is 5.65 Å². The number of nitrogens with zero attached hydrogens (tertiary/aromatic N) is 6. The highest BCUT2D eigenvalue weighted by atomic mass is 31.0. The van der Waals surface area contributed by atoms with Crippen molar-refractivity contribution in [3.63, 3.8) is 0 Å². The van der Waals surface area contributed by atoms with Gasteiger partial charge in [-0.2, -0.15) is 22.1 Å². The minimum absolute atomic E-state index is 0.151. The van der Waals surface area contributed by atoms with Crippen LogP contribution in [-0.2, 0) is 22.5 Å². The maximum Gasteiger partial charge on any atom is 0.284 e. The van der Waals surface area contributed by atoms with E-state index in [1.165, 1.54) is 30.9 Å². The van der Waals surface area contributed by atoms with Crippen molar-refractivity contribution in [2.75, 3.05) is 31.1 Å². The first kappa shape index (κ1) is 22.8. The van der Waals surface area contributed by atoms with Crippen LogP contribution in [0.1, 0.15) is 16.7 Å². The Balaban J connectivity index is 1.42. The molecule has 1 saturated heterocycles. The number of aromatic nitrogens is 4. The van der Waals surface area contributed by atoms with E-state index in [4.69, 9.17) is 0 Å². The van der Waals surface area contributed by atoms with E-state index in [0.717, 1.165) is 18.0 Å². The van der Waals surface area contributed by atoms with Crippen molar-refractivity contribution in [1.29, 1.82) is 0 Å². The number of carbonyl (C=O) groups excluding carboxylic acids is 1. The number of halogens is 4. The van der Waals surface area contributed by atoms with Crippen LogP contribution < -0.4 is 4.90 Å². The zero-order valence-electron chi connectivity index (χ0n) is 16.8. The lowest BCUT2D eigenvalue weighted by Crippen LogP contribution is -2.49. The molecule has 0 aliphatic carbocycles. The summed E-state index contributed by atoms with van der Waals surface area (Å²) in [5.74, 6) is 0.473. The lowest BCUT2D eigenvalue weighted by Gasteiger charge is -2.35. The average molecular weight is 486 g/mol. The SMILES string of the molecule is O=C(Cc1ccc(C(F)(F)P)c(C(F)(F)P)c1)N1CCN(c2ccc3nncn3n2)CC1. The number of hydrogen-bond donors (Lipinski definition) is 0. The van der Waals surface area contributed by atoms with Gasteiger partial charge in [0, 0.05) is 37.3 Å². The molecule has 2 unspecified atom stereocenters. The monoisotopic (exact) mass is 486 g/mol. The number of fused-ring (bicyclic) bond motifs is 1. The first-order chi connectivity index (χ1) is 15.0. The van der Waals surface area contributed by atoms with Crippen LogP contribution >= 0.6 is 18.5 Å². The van der Waals surface area contributed by atoms with Gasteiger partial charge in [0.25, 0.3) is 11.3 Å². The second-order valence-electron chi connectivity index (χ2n) is 7.50. The fourth-order valence-electron chi connectivity index (χ4n) is 3.63. The van der Waals surface area contributed by atoms with E-state index in [9.17, 15) is 22.4 Å². The van der Waals surface area contributed by atoms with Crippen molar-refractivity contribution in [2.45, 2.75) is 17.7 Å². The van der Waals surface area contributed by atoms with Crippen LogP contribution in [0, 0.1) is 0 Å². The van der Waals surface area contributed by atoms with Crippen LogP contribution in [0.5, 0.6) is 0 Å². The highest BCUT2D eigenvalue weighted by Crippen LogP contribution is 2.45. The number of rotatable bonds is 5. The van der Waals surface area contributed by atoms with Crippen molar-refractivity contribution in [3.8, 4) is 0 Å². The van der Waals surface area contributed by atoms with Crippen LogP contribution in [0.4, 0.5) is 23.4 Å². The van der Waals surface area contributed by atoms with Gasteiger partial charge in [-0.15, -0.1) is 15.3 Å². The standard InChI is InChI=1S/C19H20F4N6OP2/c20-18(21,31)13-2-1-12(9-14(13)19(22,23)32)10-17(30)28-7-5-27(6-8-28)16-4-3-15-25-24-11-29(15)26-16/h1-4,9,11H,5-8,10,31-32H2. The molecule has 3 aromatic rings. The number of carbonyl (C=O) groups is 1. The lowest BCUT2D eigenvalue weighted by atomic mass is 10.0. The molecular weight excluding hydrogens is 466 g/mol. The van der Waals surface area contributed by atoms with Crippen LogP contribution in [0.2, 0.25) is 0 Å². The minimum atomic E-state index is -3.54. The Kier molecular flexibility index (Phi) is 6.07. The molecule has 3 heterocycles. The molecule has 1 amide bonds. The summed E-state index contributed by atoms with van der Waals surface area (Å²) in [6, 6.07) is 6.85.